The Bertz CT molecular complexity index is 1280. The van der Waals surface area contributed by atoms with Crippen LogP contribution in [0, 0.1) is 5.82 Å². The lowest BCUT2D eigenvalue weighted by Gasteiger charge is -2.07. The van der Waals surface area contributed by atoms with Gasteiger partial charge in [0.25, 0.3) is 5.91 Å². The molecule has 0 fully saturated rings. The first-order valence-electron chi connectivity index (χ1n) is 8.59. The van der Waals surface area contributed by atoms with Crippen molar-refractivity contribution >= 4 is 51.5 Å². The van der Waals surface area contributed by atoms with Crippen molar-refractivity contribution in [1.29, 1.82) is 0 Å². The van der Waals surface area contributed by atoms with E-state index in [2.05, 4.69) is 10.3 Å². The highest BCUT2D eigenvalue weighted by Crippen LogP contribution is 2.22. The van der Waals surface area contributed by atoms with Gasteiger partial charge in [-0.25, -0.2) is 9.38 Å². The minimum atomic E-state index is -0.620. The van der Waals surface area contributed by atoms with Crippen LogP contribution in [0.5, 0.6) is 0 Å². The van der Waals surface area contributed by atoms with Gasteiger partial charge in [-0.1, -0.05) is 41.4 Å². The van der Waals surface area contributed by atoms with Gasteiger partial charge >= 0.3 is 0 Å². The Kier molecular flexibility index (Phi) is 5.34. The molecule has 0 unspecified atom stereocenters. The number of para-hydroxylation sites is 1. The maximum Gasteiger partial charge on any atom is 0.261 e. The van der Waals surface area contributed by atoms with Crippen molar-refractivity contribution in [2.45, 2.75) is 0 Å². The van der Waals surface area contributed by atoms with Crippen LogP contribution in [-0.2, 0) is 0 Å². The Morgan fingerprint density at radius 1 is 0.931 bits per heavy atom. The summed E-state index contributed by atoms with van der Waals surface area (Å²) in [6.45, 7) is 0. The Balaban J connectivity index is 1.84. The molecule has 1 aromatic heterocycles. The van der Waals surface area contributed by atoms with Crippen LogP contribution < -0.4 is 10.9 Å². The molecule has 0 aliphatic heterocycles. The molecule has 144 valence electrons. The third-order valence-corrected chi connectivity index (χ3v) is 4.62. The van der Waals surface area contributed by atoms with E-state index in [0.29, 0.717) is 21.7 Å². The van der Waals surface area contributed by atoms with Crippen molar-refractivity contribution in [2.75, 3.05) is 5.32 Å². The summed E-state index contributed by atoms with van der Waals surface area (Å²) in [5, 5.41) is 4.28. The van der Waals surface area contributed by atoms with E-state index in [1.54, 1.807) is 42.5 Å². The van der Waals surface area contributed by atoms with E-state index in [4.69, 9.17) is 27.6 Å². The number of carbonyl (C=O) groups excluding carboxylic acids is 1. The number of amides is 1. The topological polar surface area (TPSA) is 54.6 Å². The lowest BCUT2D eigenvalue weighted by Crippen LogP contribution is -2.21. The van der Waals surface area contributed by atoms with Gasteiger partial charge in [-0.3, -0.25) is 4.79 Å². The standard InChI is InChI=1S/C22H13Cl2FN2O2/c23-14-5-8-16(9-6-14)26-21(28)17-11-13-3-1-2-4-20(13)29-22(17)27-19-10-7-15(24)12-18(19)25/h1-12H,(H,26,28). The minimum absolute atomic E-state index is 0.00831. The third kappa shape index (κ3) is 4.31. The molecule has 4 nitrogen and oxygen atoms in total. The number of nitrogens with zero attached hydrogens (tertiary/aromatic N) is 1. The smallest absolute Gasteiger partial charge is 0.261 e. The van der Waals surface area contributed by atoms with Crippen molar-refractivity contribution in [3.8, 4) is 0 Å². The molecule has 0 aliphatic rings. The highest BCUT2D eigenvalue weighted by molar-refractivity contribution is 6.31. The Morgan fingerprint density at radius 3 is 2.41 bits per heavy atom. The number of benzene rings is 3. The van der Waals surface area contributed by atoms with Gasteiger partial charge in [0.05, 0.1) is 0 Å². The summed E-state index contributed by atoms with van der Waals surface area (Å²) in [4.78, 5) is 17.1. The molecular formula is C22H13Cl2FN2O2. The van der Waals surface area contributed by atoms with E-state index in [-0.39, 0.29) is 21.8 Å². The molecule has 3 aromatic carbocycles. The quantitative estimate of drug-likeness (QED) is 0.414. The number of carbonyl (C=O) groups is 1. The van der Waals surface area contributed by atoms with Crippen molar-refractivity contribution < 1.29 is 13.6 Å². The number of fused-ring (bicyclic) bond motifs is 1. The average Bonchev–Trinajstić information content (AvgIpc) is 2.71. The van der Waals surface area contributed by atoms with Gasteiger partial charge in [0.1, 0.15) is 22.7 Å². The Labute approximate surface area is 175 Å². The van der Waals surface area contributed by atoms with Crippen molar-refractivity contribution in [1.82, 2.24) is 0 Å². The summed E-state index contributed by atoms with van der Waals surface area (Å²) in [5.41, 5.74) is 1.22. The summed E-state index contributed by atoms with van der Waals surface area (Å²) < 4.78 is 20.0. The van der Waals surface area contributed by atoms with E-state index < -0.39 is 11.7 Å². The molecule has 1 amide bonds. The first kappa shape index (κ1) is 19.2. The lowest BCUT2D eigenvalue weighted by molar-refractivity contribution is 0.102. The number of nitrogens with one attached hydrogen (secondary N) is 1. The largest absolute Gasteiger partial charge is 0.438 e. The fourth-order valence-electron chi connectivity index (χ4n) is 2.73. The molecule has 4 rings (SSSR count). The molecule has 29 heavy (non-hydrogen) atoms. The average molecular weight is 427 g/mol. The zero-order valence-electron chi connectivity index (χ0n) is 14.8. The molecule has 0 saturated carbocycles. The summed E-state index contributed by atoms with van der Waals surface area (Å²) >= 11 is 11.7. The number of anilines is 1. The van der Waals surface area contributed by atoms with Crippen molar-refractivity contribution in [3.63, 3.8) is 0 Å². The molecule has 1 N–H and O–H groups in total. The minimum Gasteiger partial charge on any atom is -0.438 e. The van der Waals surface area contributed by atoms with Crippen LogP contribution in [0.15, 0.2) is 82.2 Å². The van der Waals surface area contributed by atoms with Gasteiger partial charge in [-0.05, 0) is 54.6 Å². The van der Waals surface area contributed by atoms with E-state index in [1.165, 1.54) is 12.1 Å². The van der Waals surface area contributed by atoms with Crippen LogP contribution in [0.2, 0.25) is 10.0 Å². The second-order valence-corrected chi connectivity index (χ2v) is 7.04. The highest BCUT2D eigenvalue weighted by Gasteiger charge is 2.14. The number of hydrogen-bond donors (Lipinski definition) is 1. The van der Waals surface area contributed by atoms with E-state index >= 15 is 0 Å². The molecule has 0 radical (unpaired) electrons. The Morgan fingerprint density at radius 2 is 1.66 bits per heavy atom. The molecule has 0 bridgehead atoms. The van der Waals surface area contributed by atoms with Gasteiger partial charge in [0.15, 0.2) is 0 Å². The summed E-state index contributed by atoms with van der Waals surface area (Å²) in [6.07, 6.45) is 0. The fourth-order valence-corrected chi connectivity index (χ4v) is 3.01. The number of halogens is 3. The summed E-state index contributed by atoms with van der Waals surface area (Å²) in [7, 11) is 0. The molecule has 0 aliphatic carbocycles. The number of rotatable bonds is 3. The van der Waals surface area contributed by atoms with E-state index in [9.17, 15) is 9.18 Å². The molecular weight excluding hydrogens is 414 g/mol. The van der Waals surface area contributed by atoms with Gasteiger partial charge in [0, 0.05) is 21.1 Å². The SMILES string of the molecule is O=C(Nc1ccc(Cl)cc1)c1cc2ccccc2oc1=Nc1ccc(Cl)cc1F. The maximum absolute atomic E-state index is 14.2. The van der Waals surface area contributed by atoms with Gasteiger partial charge < -0.3 is 9.73 Å². The second-order valence-electron chi connectivity index (χ2n) is 6.17. The van der Waals surface area contributed by atoms with Crippen LogP contribution >= 0.6 is 23.2 Å². The molecule has 4 aromatic rings. The summed E-state index contributed by atoms with van der Waals surface area (Å²) in [5.74, 6) is -1.07. The van der Waals surface area contributed by atoms with Crippen molar-refractivity contribution in [3.05, 3.63) is 99.8 Å². The molecule has 7 heteroatoms. The van der Waals surface area contributed by atoms with Crippen LogP contribution in [0.1, 0.15) is 10.4 Å². The fraction of sp³-hybridized carbons (Fsp3) is 0. The molecule has 0 spiro atoms. The zero-order valence-corrected chi connectivity index (χ0v) is 16.3. The highest BCUT2D eigenvalue weighted by atomic mass is 35.5. The first-order valence-corrected chi connectivity index (χ1v) is 9.35. The van der Waals surface area contributed by atoms with Crippen LogP contribution in [0.3, 0.4) is 0 Å². The van der Waals surface area contributed by atoms with E-state index in [1.807, 2.05) is 12.1 Å². The van der Waals surface area contributed by atoms with Crippen LogP contribution in [0.25, 0.3) is 11.0 Å². The summed E-state index contributed by atoms with van der Waals surface area (Å²) in [6, 6.07) is 19.6. The zero-order chi connectivity index (χ0) is 20.4. The maximum atomic E-state index is 14.2. The van der Waals surface area contributed by atoms with Crippen LogP contribution in [0.4, 0.5) is 15.8 Å². The monoisotopic (exact) mass is 426 g/mol. The molecule has 0 atom stereocenters. The van der Waals surface area contributed by atoms with Gasteiger partial charge in [0.2, 0.25) is 5.55 Å². The second kappa shape index (κ2) is 8.07. The Hall–Kier alpha value is -3.15. The van der Waals surface area contributed by atoms with Gasteiger partial charge in [-0.15, -0.1) is 0 Å². The van der Waals surface area contributed by atoms with Crippen molar-refractivity contribution in [2.24, 2.45) is 4.99 Å². The molecule has 1 heterocycles. The third-order valence-electron chi connectivity index (χ3n) is 4.13. The van der Waals surface area contributed by atoms with Gasteiger partial charge in [-0.2, -0.15) is 0 Å². The van der Waals surface area contributed by atoms with E-state index in [0.717, 1.165) is 6.07 Å². The lowest BCUT2D eigenvalue weighted by atomic mass is 10.1. The van der Waals surface area contributed by atoms with Crippen LogP contribution in [-0.4, -0.2) is 5.91 Å². The first-order chi connectivity index (χ1) is 14.0. The predicted molar refractivity (Wildman–Crippen MR) is 112 cm³/mol. The molecule has 0 saturated heterocycles. The predicted octanol–water partition coefficient (Wildman–Crippen LogP) is 6.36. The number of hydrogen-bond acceptors (Lipinski definition) is 3. The normalized spacial score (nSPS) is 11.6.